The van der Waals surface area contributed by atoms with Crippen LogP contribution in [0, 0.1) is 5.41 Å². The van der Waals surface area contributed by atoms with Crippen LogP contribution in [-0.2, 0) is 0 Å². The van der Waals surface area contributed by atoms with Crippen LogP contribution in [0.1, 0.15) is 45.2 Å². The van der Waals surface area contributed by atoms with Gasteiger partial charge in [-0.1, -0.05) is 32.0 Å². The van der Waals surface area contributed by atoms with Crippen LogP contribution in [0.2, 0.25) is 0 Å². The molecule has 0 amide bonds. The summed E-state index contributed by atoms with van der Waals surface area (Å²) in [7, 11) is 0. The Labute approximate surface area is 104 Å². The summed E-state index contributed by atoms with van der Waals surface area (Å²) in [4.78, 5) is 0. The molecule has 0 heterocycles. The Bertz CT molecular complexity index is 371. The molecule has 17 heavy (non-hydrogen) atoms. The van der Waals surface area contributed by atoms with E-state index >= 15 is 0 Å². The van der Waals surface area contributed by atoms with E-state index in [1.165, 1.54) is 18.4 Å². The van der Waals surface area contributed by atoms with Crippen molar-refractivity contribution in [2.75, 3.05) is 13.2 Å². The molecule has 0 bridgehead atoms. The first kappa shape index (κ1) is 12.4. The average Bonchev–Trinajstić information content (AvgIpc) is 3.07. The average molecular weight is 233 g/mol. The van der Waals surface area contributed by atoms with Crippen LogP contribution in [0.15, 0.2) is 24.3 Å². The predicted octanol–water partition coefficient (Wildman–Crippen LogP) is 3.54. The van der Waals surface area contributed by atoms with Crippen LogP contribution in [0.5, 0.6) is 5.75 Å². The summed E-state index contributed by atoms with van der Waals surface area (Å²) >= 11 is 0. The van der Waals surface area contributed by atoms with E-state index in [1.54, 1.807) is 0 Å². The van der Waals surface area contributed by atoms with Crippen molar-refractivity contribution in [3.05, 3.63) is 29.8 Å². The number of nitrogens with one attached hydrogen (secondary N) is 1. The molecule has 0 spiro atoms. The van der Waals surface area contributed by atoms with E-state index in [0.29, 0.717) is 11.5 Å². The molecule has 1 saturated carbocycles. The first-order valence-electron chi connectivity index (χ1n) is 6.66. The monoisotopic (exact) mass is 233 g/mol. The van der Waals surface area contributed by atoms with Crippen molar-refractivity contribution in [3.63, 3.8) is 0 Å². The van der Waals surface area contributed by atoms with E-state index in [-0.39, 0.29) is 0 Å². The fourth-order valence-corrected chi connectivity index (χ4v) is 2.43. The van der Waals surface area contributed by atoms with Crippen LogP contribution in [-0.4, -0.2) is 13.2 Å². The smallest absolute Gasteiger partial charge is 0.124 e. The molecule has 0 aromatic heterocycles. The first-order valence-corrected chi connectivity index (χ1v) is 6.66. The Kier molecular flexibility index (Phi) is 3.72. The van der Waals surface area contributed by atoms with Gasteiger partial charge in [-0.2, -0.15) is 0 Å². The van der Waals surface area contributed by atoms with Gasteiger partial charge in [0.1, 0.15) is 5.75 Å². The van der Waals surface area contributed by atoms with Crippen LogP contribution in [0.25, 0.3) is 0 Å². The van der Waals surface area contributed by atoms with Crippen molar-refractivity contribution in [3.8, 4) is 5.75 Å². The molecule has 1 aliphatic carbocycles. The minimum atomic E-state index is 0.420. The van der Waals surface area contributed by atoms with Gasteiger partial charge < -0.3 is 10.1 Å². The molecular weight excluding hydrogens is 210 g/mol. The van der Waals surface area contributed by atoms with Crippen LogP contribution < -0.4 is 10.1 Å². The highest BCUT2D eigenvalue weighted by Gasteiger charge is 2.45. The number of rotatable bonds is 6. The Morgan fingerprint density at radius 2 is 2.00 bits per heavy atom. The Morgan fingerprint density at radius 3 is 2.59 bits per heavy atom. The topological polar surface area (TPSA) is 21.3 Å². The van der Waals surface area contributed by atoms with Crippen LogP contribution in [0.3, 0.4) is 0 Å². The zero-order valence-electron chi connectivity index (χ0n) is 11.1. The molecule has 0 radical (unpaired) electrons. The lowest BCUT2D eigenvalue weighted by molar-refractivity contribution is 0.313. The van der Waals surface area contributed by atoms with Gasteiger partial charge in [0.05, 0.1) is 6.61 Å². The molecule has 0 aliphatic heterocycles. The lowest BCUT2D eigenvalue weighted by atomic mass is 9.91. The maximum atomic E-state index is 5.75. The van der Waals surface area contributed by atoms with Crippen molar-refractivity contribution in [1.82, 2.24) is 5.32 Å². The Morgan fingerprint density at radius 1 is 1.29 bits per heavy atom. The number of para-hydroxylation sites is 1. The van der Waals surface area contributed by atoms with Gasteiger partial charge in [-0.05, 0) is 37.8 Å². The van der Waals surface area contributed by atoms with E-state index in [1.807, 2.05) is 13.0 Å². The molecule has 2 nitrogen and oxygen atoms in total. The molecule has 1 fully saturated rings. The van der Waals surface area contributed by atoms with Gasteiger partial charge in [0.15, 0.2) is 0 Å². The zero-order valence-corrected chi connectivity index (χ0v) is 11.1. The normalized spacial score (nSPS) is 18.8. The second-order valence-corrected chi connectivity index (χ2v) is 5.12. The van der Waals surface area contributed by atoms with E-state index in [2.05, 4.69) is 37.4 Å². The Hall–Kier alpha value is -1.02. The fourth-order valence-electron chi connectivity index (χ4n) is 2.43. The Balaban J connectivity index is 2.28. The van der Waals surface area contributed by atoms with Gasteiger partial charge in [0, 0.05) is 11.6 Å². The number of hydrogen-bond acceptors (Lipinski definition) is 2. The van der Waals surface area contributed by atoms with Crippen molar-refractivity contribution in [1.29, 1.82) is 0 Å². The van der Waals surface area contributed by atoms with Crippen molar-refractivity contribution < 1.29 is 4.74 Å². The largest absolute Gasteiger partial charge is 0.494 e. The molecule has 2 heteroatoms. The third-order valence-corrected chi connectivity index (χ3v) is 3.67. The summed E-state index contributed by atoms with van der Waals surface area (Å²) in [5.41, 5.74) is 1.74. The molecule has 0 saturated heterocycles. The van der Waals surface area contributed by atoms with Gasteiger partial charge >= 0.3 is 0 Å². The molecule has 1 atom stereocenters. The molecule has 1 unspecified atom stereocenters. The van der Waals surface area contributed by atoms with Crippen molar-refractivity contribution >= 4 is 0 Å². The molecule has 1 aromatic carbocycles. The maximum Gasteiger partial charge on any atom is 0.124 e. The van der Waals surface area contributed by atoms with Gasteiger partial charge in [0.25, 0.3) is 0 Å². The number of benzene rings is 1. The second-order valence-electron chi connectivity index (χ2n) is 5.12. The molecule has 1 aromatic rings. The quantitative estimate of drug-likeness (QED) is 0.811. The third kappa shape index (κ3) is 2.63. The molecule has 94 valence electrons. The lowest BCUT2D eigenvalue weighted by Crippen LogP contribution is -2.28. The van der Waals surface area contributed by atoms with Gasteiger partial charge in [0.2, 0.25) is 0 Å². The standard InChI is InChI=1S/C15H23NO/c1-4-16-14(15(3)10-11-15)12-8-6-7-9-13(12)17-5-2/h6-9,14,16H,4-5,10-11H2,1-3H3. The SMILES string of the molecule is CCNC(c1ccccc1OCC)C1(C)CC1. The lowest BCUT2D eigenvalue weighted by Gasteiger charge is -2.26. The van der Waals surface area contributed by atoms with Crippen molar-refractivity contribution in [2.24, 2.45) is 5.41 Å². The van der Waals surface area contributed by atoms with Crippen molar-refractivity contribution in [2.45, 2.75) is 39.7 Å². The molecule has 1 N–H and O–H groups in total. The third-order valence-electron chi connectivity index (χ3n) is 3.67. The van der Waals surface area contributed by atoms with Gasteiger partial charge in [-0.25, -0.2) is 0 Å². The van der Waals surface area contributed by atoms with Crippen LogP contribution in [0.4, 0.5) is 0 Å². The second kappa shape index (κ2) is 5.09. The molecule has 1 aliphatic rings. The van der Waals surface area contributed by atoms with Gasteiger partial charge in [-0.3, -0.25) is 0 Å². The number of ether oxygens (including phenoxy) is 1. The summed E-state index contributed by atoms with van der Waals surface area (Å²) in [5.74, 6) is 1.04. The molecular formula is C15H23NO. The minimum Gasteiger partial charge on any atom is -0.494 e. The summed E-state index contributed by atoms with van der Waals surface area (Å²) in [6.45, 7) is 8.30. The highest BCUT2D eigenvalue weighted by atomic mass is 16.5. The number of hydrogen-bond donors (Lipinski definition) is 1. The van der Waals surface area contributed by atoms with E-state index in [4.69, 9.17) is 4.74 Å². The van der Waals surface area contributed by atoms with Gasteiger partial charge in [-0.15, -0.1) is 0 Å². The maximum absolute atomic E-state index is 5.75. The van der Waals surface area contributed by atoms with E-state index in [0.717, 1.165) is 18.9 Å². The predicted molar refractivity (Wildman–Crippen MR) is 71.4 cm³/mol. The highest BCUT2D eigenvalue weighted by Crippen LogP contribution is 2.55. The first-order chi connectivity index (χ1) is 8.21. The summed E-state index contributed by atoms with van der Waals surface area (Å²) in [6, 6.07) is 8.85. The molecule has 2 rings (SSSR count). The fraction of sp³-hybridized carbons (Fsp3) is 0.600. The summed E-state index contributed by atoms with van der Waals surface area (Å²) in [6.07, 6.45) is 2.62. The summed E-state index contributed by atoms with van der Waals surface area (Å²) in [5, 5.41) is 3.62. The van der Waals surface area contributed by atoms with Crippen LogP contribution >= 0.6 is 0 Å². The van der Waals surface area contributed by atoms with E-state index in [9.17, 15) is 0 Å². The minimum absolute atomic E-state index is 0.420. The summed E-state index contributed by atoms with van der Waals surface area (Å²) < 4.78 is 5.75. The zero-order chi connectivity index (χ0) is 12.3. The van der Waals surface area contributed by atoms with E-state index < -0.39 is 0 Å². The highest BCUT2D eigenvalue weighted by molar-refractivity contribution is 5.38.